The molecule has 2 rings (SSSR count). The standard InChI is InChI=1S/C13H18FN/c1-9(2)13(10-6-7-10)15-12-5-3-4-11(14)8-12/h3-5,8-10,13,15H,6-7H2,1-2H3. The molecule has 1 saturated carbocycles. The molecule has 0 heterocycles. The van der Waals surface area contributed by atoms with E-state index in [-0.39, 0.29) is 5.82 Å². The van der Waals surface area contributed by atoms with Crippen LogP contribution in [0.15, 0.2) is 24.3 Å². The molecule has 1 fully saturated rings. The first-order valence-electron chi connectivity index (χ1n) is 5.69. The van der Waals surface area contributed by atoms with E-state index in [9.17, 15) is 4.39 Å². The average molecular weight is 207 g/mol. The maximum atomic E-state index is 13.0. The summed E-state index contributed by atoms with van der Waals surface area (Å²) in [5.74, 6) is 1.22. The summed E-state index contributed by atoms with van der Waals surface area (Å²) in [7, 11) is 0. The van der Waals surface area contributed by atoms with Crippen molar-refractivity contribution in [3.63, 3.8) is 0 Å². The topological polar surface area (TPSA) is 12.0 Å². The lowest BCUT2D eigenvalue weighted by Gasteiger charge is -2.23. The molecule has 0 aliphatic heterocycles. The van der Waals surface area contributed by atoms with Gasteiger partial charge in [-0.05, 0) is 42.9 Å². The van der Waals surface area contributed by atoms with E-state index >= 15 is 0 Å². The minimum atomic E-state index is -0.168. The molecule has 1 aromatic rings. The van der Waals surface area contributed by atoms with Crippen LogP contribution in [-0.4, -0.2) is 6.04 Å². The normalized spacial score (nSPS) is 17.9. The summed E-state index contributed by atoms with van der Waals surface area (Å²) in [5, 5.41) is 3.44. The Balaban J connectivity index is 2.05. The fourth-order valence-corrected chi connectivity index (χ4v) is 2.05. The Kier molecular flexibility index (Phi) is 2.94. The summed E-state index contributed by atoms with van der Waals surface area (Å²) < 4.78 is 13.0. The Morgan fingerprint density at radius 2 is 2.07 bits per heavy atom. The smallest absolute Gasteiger partial charge is 0.125 e. The lowest BCUT2D eigenvalue weighted by molar-refractivity contribution is 0.476. The molecule has 0 bridgehead atoms. The summed E-state index contributed by atoms with van der Waals surface area (Å²) in [5.41, 5.74) is 0.903. The van der Waals surface area contributed by atoms with E-state index in [0.717, 1.165) is 11.6 Å². The van der Waals surface area contributed by atoms with Crippen molar-refractivity contribution in [2.75, 3.05) is 5.32 Å². The second kappa shape index (κ2) is 4.21. The molecule has 1 aromatic carbocycles. The van der Waals surface area contributed by atoms with Crippen LogP contribution >= 0.6 is 0 Å². The van der Waals surface area contributed by atoms with Crippen LogP contribution in [0.1, 0.15) is 26.7 Å². The van der Waals surface area contributed by atoms with Gasteiger partial charge in [0, 0.05) is 11.7 Å². The zero-order chi connectivity index (χ0) is 10.8. The van der Waals surface area contributed by atoms with Gasteiger partial charge in [0.05, 0.1) is 0 Å². The molecule has 1 aliphatic carbocycles. The van der Waals surface area contributed by atoms with Crippen molar-refractivity contribution in [2.45, 2.75) is 32.7 Å². The molecule has 0 aromatic heterocycles. The van der Waals surface area contributed by atoms with Crippen molar-refractivity contribution >= 4 is 5.69 Å². The SMILES string of the molecule is CC(C)C(Nc1cccc(F)c1)C1CC1. The van der Waals surface area contributed by atoms with Crippen LogP contribution in [0, 0.1) is 17.7 Å². The molecule has 0 spiro atoms. The summed E-state index contributed by atoms with van der Waals surface area (Å²) in [6.45, 7) is 4.44. The molecule has 1 N–H and O–H groups in total. The van der Waals surface area contributed by atoms with Gasteiger partial charge in [-0.1, -0.05) is 19.9 Å². The van der Waals surface area contributed by atoms with Gasteiger partial charge in [-0.15, -0.1) is 0 Å². The number of hydrogen-bond acceptors (Lipinski definition) is 1. The molecular weight excluding hydrogens is 189 g/mol. The number of nitrogens with one attached hydrogen (secondary N) is 1. The third kappa shape index (κ3) is 2.71. The van der Waals surface area contributed by atoms with E-state index in [1.165, 1.54) is 18.9 Å². The van der Waals surface area contributed by atoms with Crippen LogP contribution in [0.5, 0.6) is 0 Å². The van der Waals surface area contributed by atoms with Gasteiger partial charge in [0.15, 0.2) is 0 Å². The highest BCUT2D eigenvalue weighted by Crippen LogP contribution is 2.37. The van der Waals surface area contributed by atoms with E-state index in [2.05, 4.69) is 19.2 Å². The van der Waals surface area contributed by atoms with E-state index in [4.69, 9.17) is 0 Å². The second-order valence-corrected chi connectivity index (χ2v) is 4.76. The summed E-state index contributed by atoms with van der Waals surface area (Å²) >= 11 is 0. The van der Waals surface area contributed by atoms with E-state index in [0.29, 0.717) is 12.0 Å². The fraction of sp³-hybridized carbons (Fsp3) is 0.538. The number of hydrogen-bond donors (Lipinski definition) is 1. The van der Waals surface area contributed by atoms with Crippen LogP contribution < -0.4 is 5.32 Å². The first kappa shape index (κ1) is 10.5. The Labute approximate surface area is 90.7 Å². The lowest BCUT2D eigenvalue weighted by Crippen LogP contribution is -2.27. The van der Waals surface area contributed by atoms with E-state index in [1.807, 2.05) is 6.07 Å². The van der Waals surface area contributed by atoms with Gasteiger partial charge in [-0.25, -0.2) is 4.39 Å². The van der Waals surface area contributed by atoms with Crippen LogP contribution in [0.4, 0.5) is 10.1 Å². The second-order valence-electron chi connectivity index (χ2n) is 4.76. The highest BCUT2D eigenvalue weighted by atomic mass is 19.1. The zero-order valence-corrected chi connectivity index (χ0v) is 9.33. The molecule has 82 valence electrons. The Morgan fingerprint density at radius 1 is 1.33 bits per heavy atom. The lowest BCUT2D eigenvalue weighted by atomic mass is 9.99. The molecule has 0 radical (unpaired) electrons. The van der Waals surface area contributed by atoms with Gasteiger partial charge in [0.1, 0.15) is 5.82 Å². The molecular formula is C13H18FN. The third-order valence-electron chi connectivity index (χ3n) is 3.01. The van der Waals surface area contributed by atoms with Gasteiger partial charge >= 0.3 is 0 Å². The van der Waals surface area contributed by atoms with Gasteiger partial charge in [0.2, 0.25) is 0 Å². The van der Waals surface area contributed by atoms with Crippen LogP contribution in [0.3, 0.4) is 0 Å². The van der Waals surface area contributed by atoms with Gasteiger partial charge < -0.3 is 5.32 Å². The molecule has 2 heteroatoms. The Bertz CT molecular complexity index is 329. The quantitative estimate of drug-likeness (QED) is 0.794. The van der Waals surface area contributed by atoms with Gasteiger partial charge in [0.25, 0.3) is 0 Å². The predicted molar refractivity (Wildman–Crippen MR) is 61.4 cm³/mol. The van der Waals surface area contributed by atoms with Crippen molar-refractivity contribution in [1.82, 2.24) is 0 Å². The predicted octanol–water partition coefficient (Wildman–Crippen LogP) is 3.67. The van der Waals surface area contributed by atoms with E-state index in [1.54, 1.807) is 12.1 Å². The van der Waals surface area contributed by atoms with Crippen molar-refractivity contribution in [1.29, 1.82) is 0 Å². The number of rotatable bonds is 4. The van der Waals surface area contributed by atoms with Gasteiger partial charge in [-0.2, -0.15) is 0 Å². The zero-order valence-electron chi connectivity index (χ0n) is 9.33. The monoisotopic (exact) mass is 207 g/mol. The largest absolute Gasteiger partial charge is 0.382 e. The summed E-state index contributed by atoms with van der Waals surface area (Å²) in [6.07, 6.45) is 2.62. The minimum absolute atomic E-state index is 0.168. The highest BCUT2D eigenvalue weighted by Gasteiger charge is 2.32. The van der Waals surface area contributed by atoms with Crippen LogP contribution in [0.25, 0.3) is 0 Å². The van der Waals surface area contributed by atoms with Crippen molar-refractivity contribution in [2.24, 2.45) is 11.8 Å². The third-order valence-corrected chi connectivity index (χ3v) is 3.01. The van der Waals surface area contributed by atoms with E-state index < -0.39 is 0 Å². The Morgan fingerprint density at radius 3 is 2.60 bits per heavy atom. The van der Waals surface area contributed by atoms with Crippen LogP contribution in [-0.2, 0) is 0 Å². The molecule has 1 aliphatic rings. The van der Waals surface area contributed by atoms with Gasteiger partial charge in [-0.3, -0.25) is 0 Å². The first-order valence-corrected chi connectivity index (χ1v) is 5.69. The molecule has 1 atom stereocenters. The average Bonchev–Trinajstić information content (AvgIpc) is 2.97. The summed E-state index contributed by atoms with van der Waals surface area (Å²) in [4.78, 5) is 0. The van der Waals surface area contributed by atoms with Crippen LogP contribution in [0.2, 0.25) is 0 Å². The highest BCUT2D eigenvalue weighted by molar-refractivity contribution is 5.44. The Hall–Kier alpha value is -1.05. The molecule has 1 nitrogen and oxygen atoms in total. The van der Waals surface area contributed by atoms with Crippen molar-refractivity contribution in [3.8, 4) is 0 Å². The maximum Gasteiger partial charge on any atom is 0.125 e. The number of benzene rings is 1. The summed E-state index contributed by atoms with van der Waals surface area (Å²) in [6, 6.07) is 7.22. The number of halogens is 1. The van der Waals surface area contributed by atoms with Crippen molar-refractivity contribution in [3.05, 3.63) is 30.1 Å². The molecule has 0 saturated heterocycles. The molecule has 15 heavy (non-hydrogen) atoms. The molecule has 1 unspecified atom stereocenters. The first-order chi connectivity index (χ1) is 7.16. The fourth-order valence-electron chi connectivity index (χ4n) is 2.05. The minimum Gasteiger partial charge on any atom is -0.382 e. The molecule has 0 amide bonds. The van der Waals surface area contributed by atoms with Crippen molar-refractivity contribution < 1.29 is 4.39 Å². The maximum absolute atomic E-state index is 13.0. The number of anilines is 1.